The molecular formula is C52H68O2. The van der Waals surface area contributed by atoms with Crippen LogP contribution < -0.4 is 0 Å². The van der Waals surface area contributed by atoms with E-state index in [4.69, 9.17) is 8.83 Å². The Morgan fingerprint density at radius 1 is 0.352 bits per heavy atom. The molecule has 0 aliphatic heterocycles. The van der Waals surface area contributed by atoms with Gasteiger partial charge >= 0.3 is 0 Å². The molecule has 4 aromatic carbocycles. The fourth-order valence-electron chi connectivity index (χ4n) is 8.84. The molecule has 2 heterocycles. The molecule has 54 heavy (non-hydrogen) atoms. The fraction of sp³-hybridized carbons (Fsp3) is 0.500. The van der Waals surface area contributed by atoms with Gasteiger partial charge in [0.05, 0.1) is 0 Å². The SMILES string of the molecule is CCCCCCCCCCCCc1ccc(-c2c(C)oc3ccc4c(ccc5oc(C)c(-c6ccc(CCCCCCCCCCCC)cc6)c54)c23)cc1. The van der Waals surface area contributed by atoms with Gasteiger partial charge < -0.3 is 8.83 Å². The lowest BCUT2D eigenvalue weighted by atomic mass is 9.93. The summed E-state index contributed by atoms with van der Waals surface area (Å²) >= 11 is 0. The third kappa shape index (κ3) is 10.3. The zero-order chi connectivity index (χ0) is 37.5. The standard InChI is InChI=1S/C52H68O2/c1-5-7-9-11-13-15-17-19-21-23-25-41-27-31-43(32-28-41)49-39(3)53-47-37-36-46-45(51(47)49)35-38-48-52(46)50(40(4)54-48)44-33-29-42(30-34-44)26-24-22-20-18-16-14-12-10-8-6-2/h27-38H,5-26H2,1-4H3. The van der Waals surface area contributed by atoms with Crippen LogP contribution in [0.2, 0.25) is 0 Å². The Morgan fingerprint density at radius 2 is 0.667 bits per heavy atom. The first kappa shape index (κ1) is 39.9. The molecule has 0 atom stereocenters. The van der Waals surface area contributed by atoms with Crippen molar-refractivity contribution in [2.24, 2.45) is 0 Å². The van der Waals surface area contributed by atoms with Crippen LogP contribution in [-0.4, -0.2) is 0 Å². The van der Waals surface area contributed by atoms with Crippen molar-refractivity contribution in [1.29, 1.82) is 0 Å². The van der Waals surface area contributed by atoms with Gasteiger partial charge in [-0.05, 0) is 96.8 Å². The Balaban J connectivity index is 1.12. The third-order valence-corrected chi connectivity index (χ3v) is 12.0. The number of unbranched alkanes of at least 4 members (excludes halogenated alkanes) is 18. The molecule has 2 nitrogen and oxygen atoms in total. The van der Waals surface area contributed by atoms with Crippen LogP contribution in [0.5, 0.6) is 0 Å². The molecule has 0 aliphatic rings. The third-order valence-electron chi connectivity index (χ3n) is 12.0. The summed E-state index contributed by atoms with van der Waals surface area (Å²) in [7, 11) is 0. The molecule has 0 saturated carbocycles. The van der Waals surface area contributed by atoms with Crippen molar-refractivity contribution in [3.63, 3.8) is 0 Å². The molecule has 0 fully saturated rings. The molecular weight excluding hydrogens is 657 g/mol. The minimum Gasteiger partial charge on any atom is -0.461 e. The Kier molecular flexibility index (Phi) is 15.4. The normalized spacial score (nSPS) is 11.9. The molecule has 0 unspecified atom stereocenters. The second-order valence-electron chi connectivity index (χ2n) is 16.3. The van der Waals surface area contributed by atoms with Crippen LogP contribution in [0.15, 0.2) is 81.6 Å². The van der Waals surface area contributed by atoms with E-state index in [1.54, 1.807) is 0 Å². The fourth-order valence-corrected chi connectivity index (χ4v) is 8.84. The first-order chi connectivity index (χ1) is 26.6. The molecule has 2 aromatic heterocycles. The van der Waals surface area contributed by atoms with E-state index in [0.717, 1.165) is 35.5 Å². The predicted molar refractivity (Wildman–Crippen MR) is 235 cm³/mol. The Labute approximate surface area is 327 Å². The number of benzene rings is 4. The molecule has 0 saturated heterocycles. The molecule has 288 valence electrons. The zero-order valence-corrected chi connectivity index (χ0v) is 34.3. The number of fused-ring (bicyclic) bond motifs is 5. The van der Waals surface area contributed by atoms with Crippen LogP contribution in [0.1, 0.15) is 165 Å². The van der Waals surface area contributed by atoms with E-state index in [9.17, 15) is 0 Å². The Bertz CT molecular complexity index is 1860. The number of rotatable bonds is 24. The summed E-state index contributed by atoms with van der Waals surface area (Å²) in [5.41, 5.74) is 9.63. The van der Waals surface area contributed by atoms with Crippen molar-refractivity contribution >= 4 is 32.7 Å². The summed E-state index contributed by atoms with van der Waals surface area (Å²) < 4.78 is 12.9. The lowest BCUT2D eigenvalue weighted by Gasteiger charge is -2.08. The second-order valence-corrected chi connectivity index (χ2v) is 16.3. The average molecular weight is 725 g/mol. The van der Waals surface area contributed by atoms with Gasteiger partial charge in [-0.2, -0.15) is 0 Å². The van der Waals surface area contributed by atoms with Crippen LogP contribution in [0.3, 0.4) is 0 Å². The van der Waals surface area contributed by atoms with Gasteiger partial charge in [-0.15, -0.1) is 0 Å². The minimum absolute atomic E-state index is 0.946. The molecule has 0 radical (unpaired) electrons. The zero-order valence-electron chi connectivity index (χ0n) is 34.3. The Morgan fingerprint density at radius 3 is 1.00 bits per heavy atom. The molecule has 0 aliphatic carbocycles. The summed E-state index contributed by atoms with van der Waals surface area (Å²) in [6.45, 7) is 8.81. The highest BCUT2D eigenvalue weighted by atomic mass is 16.3. The number of hydrogen-bond donors (Lipinski definition) is 0. The smallest absolute Gasteiger partial charge is 0.135 e. The van der Waals surface area contributed by atoms with E-state index in [-0.39, 0.29) is 0 Å². The summed E-state index contributed by atoms with van der Waals surface area (Å²) in [5, 5.41) is 4.85. The largest absolute Gasteiger partial charge is 0.461 e. The van der Waals surface area contributed by atoms with Crippen molar-refractivity contribution in [3.8, 4) is 22.3 Å². The highest BCUT2D eigenvalue weighted by molar-refractivity contribution is 6.22. The highest BCUT2D eigenvalue weighted by Gasteiger charge is 2.21. The van der Waals surface area contributed by atoms with Gasteiger partial charge in [0, 0.05) is 21.9 Å². The van der Waals surface area contributed by atoms with E-state index in [0.29, 0.717) is 0 Å². The van der Waals surface area contributed by atoms with Crippen LogP contribution in [0.4, 0.5) is 0 Å². The van der Waals surface area contributed by atoms with Crippen LogP contribution in [0.25, 0.3) is 55.0 Å². The topological polar surface area (TPSA) is 26.3 Å². The number of hydrogen-bond acceptors (Lipinski definition) is 2. The molecule has 0 bridgehead atoms. The van der Waals surface area contributed by atoms with Crippen molar-refractivity contribution in [3.05, 3.63) is 95.4 Å². The van der Waals surface area contributed by atoms with Crippen molar-refractivity contribution in [2.75, 3.05) is 0 Å². The minimum atomic E-state index is 0.946. The van der Waals surface area contributed by atoms with Gasteiger partial charge in [0.1, 0.15) is 22.7 Å². The van der Waals surface area contributed by atoms with E-state index >= 15 is 0 Å². The van der Waals surface area contributed by atoms with Gasteiger partial charge in [0.25, 0.3) is 0 Å². The van der Waals surface area contributed by atoms with E-state index in [2.05, 4.69) is 100 Å². The van der Waals surface area contributed by atoms with E-state index < -0.39 is 0 Å². The average Bonchev–Trinajstić information content (AvgIpc) is 3.72. The highest BCUT2D eigenvalue weighted by Crippen LogP contribution is 2.44. The summed E-state index contributed by atoms with van der Waals surface area (Å²) in [6, 6.07) is 27.4. The van der Waals surface area contributed by atoms with E-state index in [1.165, 1.54) is 183 Å². The lowest BCUT2D eigenvalue weighted by molar-refractivity contribution is 0.556. The van der Waals surface area contributed by atoms with Gasteiger partial charge in [-0.1, -0.05) is 178 Å². The summed E-state index contributed by atoms with van der Waals surface area (Å²) in [4.78, 5) is 0. The van der Waals surface area contributed by atoms with E-state index in [1.807, 2.05) is 0 Å². The van der Waals surface area contributed by atoms with Gasteiger partial charge in [-0.25, -0.2) is 0 Å². The molecule has 2 heteroatoms. The summed E-state index contributed by atoms with van der Waals surface area (Å²) in [5.74, 6) is 1.95. The van der Waals surface area contributed by atoms with Crippen LogP contribution in [-0.2, 0) is 12.8 Å². The van der Waals surface area contributed by atoms with Gasteiger partial charge in [0.15, 0.2) is 0 Å². The maximum absolute atomic E-state index is 6.43. The lowest BCUT2D eigenvalue weighted by Crippen LogP contribution is -1.88. The maximum Gasteiger partial charge on any atom is 0.135 e. The van der Waals surface area contributed by atoms with Crippen LogP contribution in [0, 0.1) is 13.8 Å². The first-order valence-electron chi connectivity index (χ1n) is 22.2. The van der Waals surface area contributed by atoms with Crippen molar-refractivity contribution < 1.29 is 8.83 Å². The Hall–Kier alpha value is -3.78. The molecule has 6 rings (SSSR count). The molecule has 0 spiro atoms. The second kappa shape index (κ2) is 20.8. The number of aryl methyl sites for hydroxylation is 4. The van der Waals surface area contributed by atoms with Crippen molar-refractivity contribution in [2.45, 2.75) is 169 Å². The van der Waals surface area contributed by atoms with Crippen LogP contribution >= 0.6 is 0 Å². The molecule has 0 N–H and O–H groups in total. The molecule has 6 aromatic rings. The predicted octanol–water partition coefficient (Wildman–Crippen LogP) is 17.2. The maximum atomic E-state index is 6.43. The first-order valence-corrected chi connectivity index (χ1v) is 22.2. The summed E-state index contributed by atoms with van der Waals surface area (Å²) in [6.07, 6.45) is 29.9. The number of furan rings is 2. The quantitative estimate of drug-likeness (QED) is 0.0581. The monoisotopic (exact) mass is 725 g/mol. The van der Waals surface area contributed by atoms with Crippen molar-refractivity contribution in [1.82, 2.24) is 0 Å². The van der Waals surface area contributed by atoms with Gasteiger partial charge in [0.2, 0.25) is 0 Å². The molecule has 0 amide bonds. The van der Waals surface area contributed by atoms with Gasteiger partial charge in [-0.3, -0.25) is 0 Å².